The number of Topliss-reactive ketones (excluding diaryl/α,β-unsaturated/α-hetero) is 1. The van der Waals surface area contributed by atoms with Gasteiger partial charge in [-0.05, 0) is 68.6 Å². The van der Waals surface area contributed by atoms with Crippen LogP contribution in [0.1, 0.15) is 83.3 Å². The highest BCUT2D eigenvalue weighted by Gasteiger charge is 2.55. The van der Waals surface area contributed by atoms with E-state index < -0.39 is 6.04 Å². The largest absolute Gasteiger partial charge is 0.408 e. The first kappa shape index (κ1) is 20.9. The van der Waals surface area contributed by atoms with Crippen molar-refractivity contribution >= 4 is 23.5 Å². The Bertz CT molecular complexity index is 738. The first-order valence-corrected chi connectivity index (χ1v) is 12.0. The quantitative estimate of drug-likeness (QED) is 0.493. The van der Waals surface area contributed by atoms with Crippen LogP contribution in [-0.4, -0.2) is 33.2 Å². The van der Waals surface area contributed by atoms with E-state index in [1.54, 1.807) is 0 Å². The van der Waals surface area contributed by atoms with E-state index in [1.165, 1.54) is 31.0 Å². The van der Waals surface area contributed by atoms with Gasteiger partial charge in [-0.15, -0.1) is 10.2 Å². The van der Waals surface area contributed by atoms with Crippen molar-refractivity contribution in [2.75, 3.05) is 0 Å². The van der Waals surface area contributed by atoms with Crippen LogP contribution >= 0.6 is 11.8 Å². The average molecular weight is 420 g/mol. The summed E-state index contributed by atoms with van der Waals surface area (Å²) in [5.74, 6) is 2.16. The number of thioether (sulfide) groups is 1. The van der Waals surface area contributed by atoms with Crippen LogP contribution in [0.15, 0.2) is 9.64 Å². The van der Waals surface area contributed by atoms with E-state index in [9.17, 15) is 9.59 Å². The number of amides is 1. The Labute approximate surface area is 177 Å². The normalized spacial score (nSPS) is 31.4. The Morgan fingerprint density at radius 1 is 1.07 bits per heavy atom. The van der Waals surface area contributed by atoms with E-state index in [0.717, 1.165) is 19.3 Å². The van der Waals surface area contributed by atoms with Gasteiger partial charge in [-0.25, -0.2) is 0 Å². The third-order valence-electron chi connectivity index (χ3n) is 6.80. The van der Waals surface area contributed by atoms with Gasteiger partial charge in [-0.3, -0.25) is 9.59 Å². The topological polar surface area (TPSA) is 85.1 Å². The molecule has 1 N–H and O–H groups in total. The lowest BCUT2D eigenvalue weighted by atomic mass is 9.49. The van der Waals surface area contributed by atoms with Crippen molar-refractivity contribution in [3.05, 3.63) is 5.89 Å². The minimum Gasteiger partial charge on any atom is -0.408 e. The van der Waals surface area contributed by atoms with Gasteiger partial charge in [0.15, 0.2) is 0 Å². The molecule has 29 heavy (non-hydrogen) atoms. The highest BCUT2D eigenvalue weighted by Crippen LogP contribution is 2.60. The number of ketones is 1. The van der Waals surface area contributed by atoms with Crippen LogP contribution in [0.3, 0.4) is 0 Å². The molecule has 1 heterocycles. The summed E-state index contributed by atoms with van der Waals surface area (Å²) in [4.78, 5) is 26.6. The summed E-state index contributed by atoms with van der Waals surface area (Å²) in [6.07, 6.45) is 7.42. The number of rotatable bonds is 8. The molecular formula is C22H33N3O3S. The van der Waals surface area contributed by atoms with Crippen molar-refractivity contribution in [3.63, 3.8) is 0 Å². The van der Waals surface area contributed by atoms with Crippen molar-refractivity contribution in [3.8, 4) is 0 Å². The summed E-state index contributed by atoms with van der Waals surface area (Å²) in [7, 11) is 0. The van der Waals surface area contributed by atoms with Gasteiger partial charge in [0.05, 0.1) is 6.04 Å². The fourth-order valence-corrected chi connectivity index (χ4v) is 6.73. The second-order valence-electron chi connectivity index (χ2n) is 10.3. The molecule has 4 aliphatic carbocycles. The monoisotopic (exact) mass is 419 g/mol. The Morgan fingerprint density at radius 2 is 1.66 bits per heavy atom. The van der Waals surface area contributed by atoms with Crippen molar-refractivity contribution < 1.29 is 14.0 Å². The van der Waals surface area contributed by atoms with E-state index in [-0.39, 0.29) is 28.9 Å². The maximum absolute atomic E-state index is 13.4. The van der Waals surface area contributed by atoms with Crippen LogP contribution in [0.5, 0.6) is 0 Å². The number of aromatic nitrogens is 2. The van der Waals surface area contributed by atoms with Gasteiger partial charge in [0.25, 0.3) is 11.1 Å². The Morgan fingerprint density at radius 3 is 2.17 bits per heavy atom. The number of nitrogens with one attached hydrogen (secondary N) is 1. The summed E-state index contributed by atoms with van der Waals surface area (Å²) in [6, 6.07) is -0.604. The van der Waals surface area contributed by atoms with Gasteiger partial charge in [0.1, 0.15) is 0 Å². The average Bonchev–Trinajstić information content (AvgIpc) is 3.06. The SMILES string of the molecule is CC(C)CC(NC(=O)C12CC3CC(CC(C3)C1)C2)C(=O)c1nnc(SC(C)C)o1. The summed E-state index contributed by atoms with van der Waals surface area (Å²) >= 11 is 1.43. The van der Waals surface area contributed by atoms with Gasteiger partial charge in [0, 0.05) is 10.7 Å². The molecule has 0 saturated heterocycles. The van der Waals surface area contributed by atoms with Crippen molar-refractivity contribution in [2.24, 2.45) is 29.1 Å². The minimum atomic E-state index is -0.604. The fourth-order valence-electron chi connectivity index (χ4n) is 6.11. The molecule has 1 amide bonds. The van der Waals surface area contributed by atoms with E-state index in [1.807, 2.05) is 13.8 Å². The number of carbonyl (C=O) groups excluding carboxylic acids is 2. The van der Waals surface area contributed by atoms with Crippen molar-refractivity contribution in [2.45, 2.75) is 89.2 Å². The number of nitrogens with zero attached hydrogens (tertiary/aromatic N) is 2. The molecule has 4 aliphatic rings. The molecule has 1 unspecified atom stereocenters. The number of carbonyl (C=O) groups is 2. The zero-order valence-electron chi connectivity index (χ0n) is 17.9. The molecule has 4 bridgehead atoms. The molecule has 0 spiro atoms. The van der Waals surface area contributed by atoms with E-state index >= 15 is 0 Å². The second kappa shape index (κ2) is 8.05. The third kappa shape index (κ3) is 4.39. The second-order valence-corrected chi connectivity index (χ2v) is 11.8. The fraction of sp³-hybridized carbons (Fsp3) is 0.818. The minimum absolute atomic E-state index is 0.00427. The summed E-state index contributed by atoms with van der Waals surface area (Å²) in [6.45, 7) is 8.18. The first-order chi connectivity index (χ1) is 13.7. The molecule has 0 aliphatic heterocycles. The molecular weight excluding hydrogens is 386 g/mol. The van der Waals surface area contributed by atoms with Gasteiger partial charge in [-0.1, -0.05) is 39.5 Å². The van der Waals surface area contributed by atoms with Crippen molar-refractivity contribution in [1.29, 1.82) is 0 Å². The first-order valence-electron chi connectivity index (χ1n) is 11.1. The molecule has 1 aromatic heterocycles. The molecule has 0 aromatic carbocycles. The van der Waals surface area contributed by atoms with E-state index in [4.69, 9.17) is 4.42 Å². The summed E-state index contributed by atoms with van der Waals surface area (Å²) < 4.78 is 5.59. The molecule has 1 atom stereocenters. The van der Waals surface area contributed by atoms with Crippen LogP contribution in [0.2, 0.25) is 0 Å². The smallest absolute Gasteiger partial charge is 0.286 e. The van der Waals surface area contributed by atoms with Gasteiger partial charge < -0.3 is 9.73 Å². The summed E-state index contributed by atoms with van der Waals surface area (Å²) in [5.41, 5.74) is -0.266. The number of hydrogen-bond acceptors (Lipinski definition) is 6. The van der Waals surface area contributed by atoms with Crippen molar-refractivity contribution in [1.82, 2.24) is 15.5 Å². The van der Waals surface area contributed by atoms with Crippen LogP contribution < -0.4 is 5.32 Å². The van der Waals surface area contributed by atoms with Crippen LogP contribution in [-0.2, 0) is 4.79 Å². The van der Waals surface area contributed by atoms with Crippen LogP contribution in [0.4, 0.5) is 0 Å². The lowest BCUT2D eigenvalue weighted by Crippen LogP contribution is -2.56. The van der Waals surface area contributed by atoms with E-state index in [0.29, 0.717) is 34.6 Å². The molecule has 6 nitrogen and oxygen atoms in total. The van der Waals surface area contributed by atoms with Crippen LogP contribution in [0, 0.1) is 29.1 Å². The Balaban J connectivity index is 1.49. The van der Waals surface area contributed by atoms with Crippen LogP contribution in [0.25, 0.3) is 0 Å². The summed E-state index contributed by atoms with van der Waals surface area (Å²) in [5, 5.41) is 11.8. The lowest BCUT2D eigenvalue weighted by Gasteiger charge is -2.55. The van der Waals surface area contributed by atoms with Gasteiger partial charge in [0.2, 0.25) is 11.7 Å². The molecule has 7 heteroatoms. The van der Waals surface area contributed by atoms with Gasteiger partial charge in [-0.2, -0.15) is 0 Å². The molecule has 5 rings (SSSR count). The van der Waals surface area contributed by atoms with E-state index in [2.05, 4.69) is 29.4 Å². The van der Waals surface area contributed by atoms with Gasteiger partial charge >= 0.3 is 0 Å². The standard InChI is InChI=1S/C22H33N3O3S/c1-12(2)5-17(18(26)19-24-25-21(28-19)29-13(3)4)23-20(27)22-9-14-6-15(10-22)8-16(7-14)11-22/h12-17H,5-11H2,1-4H3,(H,23,27). The maximum atomic E-state index is 13.4. The third-order valence-corrected chi connectivity index (χ3v) is 7.64. The predicted molar refractivity (Wildman–Crippen MR) is 112 cm³/mol. The molecule has 0 radical (unpaired) electrons. The Hall–Kier alpha value is -1.37. The molecule has 4 saturated carbocycles. The predicted octanol–water partition coefficient (Wildman–Crippen LogP) is 4.50. The number of hydrogen-bond donors (Lipinski definition) is 1. The highest BCUT2D eigenvalue weighted by molar-refractivity contribution is 7.99. The molecule has 1 aromatic rings. The highest BCUT2D eigenvalue weighted by atomic mass is 32.2. The lowest BCUT2D eigenvalue weighted by molar-refractivity contribution is -0.146. The zero-order valence-corrected chi connectivity index (χ0v) is 18.8. The molecule has 4 fully saturated rings. The Kier molecular flexibility index (Phi) is 5.79. The maximum Gasteiger partial charge on any atom is 0.286 e. The zero-order chi connectivity index (χ0) is 20.8. The molecule has 160 valence electrons.